The largest absolute Gasteiger partial charge is 0.493 e. The van der Waals surface area contributed by atoms with E-state index < -0.39 is 5.97 Å². The number of benzene rings is 2. The third kappa shape index (κ3) is 10.1. The van der Waals surface area contributed by atoms with Crippen LogP contribution in [0.15, 0.2) is 53.0 Å². The number of carboxylic acid groups (broad SMARTS) is 1. The number of carboxylic acids is 1. The number of carbonyl (C=O) groups is 1. The number of fused-ring (bicyclic) bond motifs is 2. The molecule has 1 unspecified atom stereocenters. The van der Waals surface area contributed by atoms with Gasteiger partial charge in [-0.25, -0.2) is 0 Å². The van der Waals surface area contributed by atoms with Crippen LogP contribution in [0.3, 0.4) is 0 Å². The second-order valence-corrected chi connectivity index (χ2v) is 11.8. The van der Waals surface area contributed by atoms with Crippen molar-refractivity contribution in [3.8, 4) is 28.6 Å². The number of rotatable bonds is 21. The van der Waals surface area contributed by atoms with Gasteiger partial charge in [-0.2, -0.15) is 0 Å². The van der Waals surface area contributed by atoms with Crippen LogP contribution in [0, 0.1) is 5.92 Å². The number of hydrogen-bond acceptors (Lipinski definition) is 5. The number of furan rings is 1. The molecular weight excluding hydrogens is 540 g/mol. The Kier molecular flexibility index (Phi) is 13.3. The van der Waals surface area contributed by atoms with Crippen molar-refractivity contribution in [3.05, 3.63) is 54.1 Å². The van der Waals surface area contributed by atoms with Gasteiger partial charge in [-0.3, -0.25) is 4.79 Å². The van der Waals surface area contributed by atoms with Crippen LogP contribution < -0.4 is 14.2 Å². The lowest BCUT2D eigenvalue weighted by molar-refractivity contribution is -0.142. The molecule has 0 spiro atoms. The third-order valence-electron chi connectivity index (χ3n) is 8.45. The Hall–Kier alpha value is -3.41. The first kappa shape index (κ1) is 32.5. The number of aliphatic carboxylic acids is 1. The number of aryl methyl sites for hydroxylation is 1. The zero-order valence-corrected chi connectivity index (χ0v) is 26.2. The Morgan fingerprint density at radius 3 is 2.30 bits per heavy atom. The summed E-state index contributed by atoms with van der Waals surface area (Å²) in [4.78, 5) is 11.9. The minimum Gasteiger partial charge on any atom is -0.493 e. The second-order valence-electron chi connectivity index (χ2n) is 11.8. The number of allylic oxidation sites excluding steroid dienone is 2. The van der Waals surface area contributed by atoms with Crippen molar-refractivity contribution in [1.82, 2.24) is 0 Å². The van der Waals surface area contributed by atoms with E-state index >= 15 is 0 Å². The summed E-state index contributed by atoms with van der Waals surface area (Å²) >= 11 is 0. The van der Waals surface area contributed by atoms with Gasteiger partial charge in [0.15, 0.2) is 22.8 Å². The smallest absolute Gasteiger partial charge is 0.306 e. The average Bonchev–Trinajstić information content (AvgIpc) is 3.66. The van der Waals surface area contributed by atoms with Gasteiger partial charge < -0.3 is 23.7 Å². The lowest BCUT2D eigenvalue weighted by Gasteiger charge is -2.12. The molecule has 0 radical (unpaired) electrons. The number of ether oxygens (including phenoxy) is 3. The highest BCUT2D eigenvalue weighted by Crippen LogP contribution is 2.39. The summed E-state index contributed by atoms with van der Waals surface area (Å²) in [6.07, 6.45) is 22.6. The van der Waals surface area contributed by atoms with Gasteiger partial charge in [0, 0.05) is 10.9 Å². The summed E-state index contributed by atoms with van der Waals surface area (Å²) in [5.41, 5.74) is 2.74. The molecule has 1 atom stereocenters. The monoisotopic (exact) mass is 590 g/mol. The van der Waals surface area contributed by atoms with E-state index in [1.54, 1.807) is 7.11 Å². The van der Waals surface area contributed by atoms with E-state index in [9.17, 15) is 9.90 Å². The molecule has 43 heavy (non-hydrogen) atoms. The highest BCUT2D eigenvalue weighted by molar-refractivity contribution is 5.88. The fourth-order valence-electron chi connectivity index (χ4n) is 5.90. The number of unbranched alkanes of at least 4 members (excludes halogenated alkanes) is 10. The van der Waals surface area contributed by atoms with E-state index in [4.69, 9.17) is 18.6 Å². The molecule has 0 saturated carbocycles. The summed E-state index contributed by atoms with van der Waals surface area (Å²) in [6.45, 7) is 2.49. The van der Waals surface area contributed by atoms with Gasteiger partial charge in [-0.15, -0.1) is 0 Å². The number of hydrogen-bond donors (Lipinski definition) is 1. The normalized spacial score (nSPS) is 13.3. The zero-order chi connectivity index (χ0) is 30.3. The lowest BCUT2D eigenvalue weighted by Crippen LogP contribution is -2.14. The quantitative estimate of drug-likeness (QED) is 0.0982. The lowest BCUT2D eigenvalue weighted by atomic mass is 9.93. The molecule has 2 aromatic carbocycles. The fourth-order valence-corrected chi connectivity index (χ4v) is 5.90. The van der Waals surface area contributed by atoms with E-state index in [0.29, 0.717) is 23.5 Å². The van der Waals surface area contributed by atoms with Crippen LogP contribution in [0.25, 0.3) is 22.3 Å². The minimum absolute atomic E-state index is 0.232. The van der Waals surface area contributed by atoms with Gasteiger partial charge in [-0.1, -0.05) is 70.4 Å². The minimum atomic E-state index is -0.672. The Morgan fingerprint density at radius 1 is 0.860 bits per heavy atom. The van der Waals surface area contributed by atoms with Gasteiger partial charge >= 0.3 is 5.97 Å². The third-order valence-corrected chi connectivity index (χ3v) is 8.45. The summed E-state index contributed by atoms with van der Waals surface area (Å²) in [6, 6.07) is 11.9. The first-order chi connectivity index (χ1) is 21.1. The van der Waals surface area contributed by atoms with Gasteiger partial charge in [0.2, 0.25) is 6.79 Å². The van der Waals surface area contributed by atoms with Crippen molar-refractivity contribution in [2.75, 3.05) is 13.9 Å². The molecule has 1 aromatic heterocycles. The highest BCUT2D eigenvalue weighted by Gasteiger charge is 2.19. The van der Waals surface area contributed by atoms with E-state index in [2.05, 4.69) is 25.1 Å². The van der Waals surface area contributed by atoms with Crippen LogP contribution in [0.4, 0.5) is 0 Å². The van der Waals surface area contributed by atoms with E-state index in [1.807, 2.05) is 30.3 Å². The zero-order valence-electron chi connectivity index (χ0n) is 26.2. The summed E-state index contributed by atoms with van der Waals surface area (Å²) < 4.78 is 22.8. The van der Waals surface area contributed by atoms with Gasteiger partial charge in [-0.05, 0) is 93.3 Å². The second kappa shape index (κ2) is 17.6. The predicted octanol–water partition coefficient (Wildman–Crippen LogP) is 10.5. The average molecular weight is 591 g/mol. The standard InChI is InChI=1S/C37H50O6/c1-3-4-5-6-7-8-9-10-11-12-13-14-15-16-19-29(37(38)39)20-17-18-28-23-31-26-33(43-36(31)35(24-28)40-2)30-21-22-32-34(25-30)42-27-41-32/h10-11,21-26,29H,3-9,12-20,27H2,1-2H3,(H,38,39). The molecule has 0 bridgehead atoms. The molecule has 4 rings (SSSR count). The Labute approximate surface area is 257 Å². The maximum absolute atomic E-state index is 11.9. The molecule has 1 N–H and O–H groups in total. The van der Waals surface area contributed by atoms with Crippen molar-refractivity contribution in [2.24, 2.45) is 5.92 Å². The Balaban J connectivity index is 1.17. The molecule has 3 aromatic rings. The molecule has 2 heterocycles. The van der Waals surface area contributed by atoms with Crippen LogP contribution in [0.5, 0.6) is 17.2 Å². The highest BCUT2D eigenvalue weighted by atomic mass is 16.7. The maximum Gasteiger partial charge on any atom is 0.306 e. The van der Waals surface area contributed by atoms with Crippen LogP contribution in [0.2, 0.25) is 0 Å². The van der Waals surface area contributed by atoms with Gasteiger partial charge in [0.25, 0.3) is 0 Å². The van der Waals surface area contributed by atoms with Crippen LogP contribution in [-0.2, 0) is 11.2 Å². The van der Waals surface area contributed by atoms with E-state index in [0.717, 1.165) is 66.5 Å². The van der Waals surface area contributed by atoms with Crippen molar-refractivity contribution in [2.45, 2.75) is 110 Å². The van der Waals surface area contributed by atoms with Crippen molar-refractivity contribution < 1.29 is 28.5 Å². The van der Waals surface area contributed by atoms with Crippen molar-refractivity contribution >= 4 is 16.9 Å². The molecule has 6 heteroatoms. The summed E-state index contributed by atoms with van der Waals surface area (Å²) in [7, 11) is 1.65. The molecule has 0 fully saturated rings. The van der Waals surface area contributed by atoms with Gasteiger partial charge in [0.05, 0.1) is 13.0 Å². The fraction of sp³-hybridized carbons (Fsp3) is 0.541. The molecule has 6 nitrogen and oxygen atoms in total. The van der Waals surface area contributed by atoms with Crippen LogP contribution >= 0.6 is 0 Å². The van der Waals surface area contributed by atoms with E-state index in [1.165, 1.54) is 57.8 Å². The SMILES string of the molecule is CCCCCCCCC=CCCCCCCC(CCCc1cc(OC)c2oc(-c3ccc4c(c3)OCO4)cc2c1)C(=O)O. The molecule has 0 aliphatic carbocycles. The van der Waals surface area contributed by atoms with E-state index in [-0.39, 0.29) is 12.7 Å². The molecular formula is C37H50O6. The first-order valence-electron chi connectivity index (χ1n) is 16.5. The molecule has 0 saturated heterocycles. The Bertz CT molecular complexity index is 1310. The summed E-state index contributed by atoms with van der Waals surface area (Å²) in [5.74, 6) is 1.92. The molecule has 1 aliphatic heterocycles. The number of methoxy groups -OCH3 is 1. The molecule has 1 aliphatic rings. The predicted molar refractivity (Wildman–Crippen MR) is 173 cm³/mol. The topological polar surface area (TPSA) is 78.1 Å². The van der Waals surface area contributed by atoms with Crippen molar-refractivity contribution in [3.63, 3.8) is 0 Å². The summed E-state index contributed by atoms with van der Waals surface area (Å²) in [5, 5.41) is 10.8. The molecule has 234 valence electrons. The van der Waals surface area contributed by atoms with Crippen LogP contribution in [0.1, 0.15) is 109 Å². The Morgan fingerprint density at radius 2 is 1.56 bits per heavy atom. The molecule has 0 amide bonds. The van der Waals surface area contributed by atoms with Crippen molar-refractivity contribution in [1.29, 1.82) is 0 Å². The maximum atomic E-state index is 11.9. The van der Waals surface area contributed by atoms with Crippen LogP contribution in [-0.4, -0.2) is 25.0 Å². The van der Waals surface area contributed by atoms with Gasteiger partial charge in [0.1, 0.15) is 5.76 Å². The first-order valence-corrected chi connectivity index (χ1v) is 16.5.